The van der Waals surface area contributed by atoms with Crippen LogP contribution in [0.2, 0.25) is 0 Å². The molecule has 33 heavy (non-hydrogen) atoms. The summed E-state index contributed by atoms with van der Waals surface area (Å²) in [4.78, 5) is 36.2. The van der Waals surface area contributed by atoms with E-state index in [1.165, 1.54) is 11.3 Å². The van der Waals surface area contributed by atoms with Gasteiger partial charge in [0.2, 0.25) is 0 Å². The summed E-state index contributed by atoms with van der Waals surface area (Å²) in [6.45, 7) is 1.82. The Kier molecular flexibility index (Phi) is 5.54. The second-order valence-electron chi connectivity index (χ2n) is 7.59. The number of nitrogens with one attached hydrogen (secondary N) is 1. The summed E-state index contributed by atoms with van der Waals surface area (Å²) in [5.74, 6) is -0.278. The third-order valence-electron chi connectivity index (χ3n) is 5.42. The topological polar surface area (TPSA) is 76.3 Å². The van der Waals surface area contributed by atoms with Crippen LogP contribution >= 0.6 is 11.3 Å². The van der Waals surface area contributed by atoms with E-state index in [0.29, 0.717) is 26.3 Å². The van der Waals surface area contributed by atoms with Crippen LogP contribution in [0.5, 0.6) is 0 Å². The molecule has 7 heteroatoms. The molecule has 0 saturated heterocycles. The van der Waals surface area contributed by atoms with Crippen LogP contribution in [0.15, 0.2) is 106 Å². The minimum Gasteiger partial charge on any atom is -0.322 e. The molecule has 1 aliphatic heterocycles. The van der Waals surface area contributed by atoms with Crippen molar-refractivity contribution >= 4 is 29.0 Å². The molecule has 1 aliphatic rings. The number of hydrogen-bond donors (Lipinski definition) is 1. The number of allylic oxidation sites excluding steroid dienone is 1. The van der Waals surface area contributed by atoms with Gasteiger partial charge in [0.1, 0.15) is 0 Å². The van der Waals surface area contributed by atoms with Crippen LogP contribution < -0.4 is 20.2 Å². The predicted octanol–water partition coefficient (Wildman–Crippen LogP) is 3.27. The van der Waals surface area contributed by atoms with Gasteiger partial charge in [-0.05, 0) is 48.4 Å². The molecule has 0 radical (unpaired) electrons. The number of benzene rings is 2. The molecule has 6 nitrogen and oxygen atoms in total. The van der Waals surface area contributed by atoms with Gasteiger partial charge >= 0.3 is 0 Å². The van der Waals surface area contributed by atoms with Gasteiger partial charge < -0.3 is 5.32 Å². The zero-order valence-corrected chi connectivity index (χ0v) is 18.6. The highest BCUT2D eigenvalue weighted by Gasteiger charge is 2.32. The quantitative estimate of drug-likeness (QED) is 0.516. The lowest BCUT2D eigenvalue weighted by Gasteiger charge is -2.25. The number of amides is 1. The van der Waals surface area contributed by atoms with E-state index in [4.69, 9.17) is 0 Å². The molecule has 1 atom stereocenters. The summed E-state index contributed by atoms with van der Waals surface area (Å²) < 4.78 is 2.18. The SMILES string of the molecule is CC1=C(C(=O)Nc2ccccc2)[C@@H](c2ccccc2)n2c(s/c(=C\c3ccncc3)c2=O)=N1. The number of para-hydroxylation sites is 1. The maximum Gasteiger partial charge on any atom is 0.271 e. The van der Waals surface area contributed by atoms with Crippen molar-refractivity contribution in [3.05, 3.63) is 127 Å². The second-order valence-corrected chi connectivity index (χ2v) is 8.60. The third-order valence-corrected chi connectivity index (χ3v) is 6.40. The first-order valence-electron chi connectivity index (χ1n) is 10.5. The van der Waals surface area contributed by atoms with Gasteiger partial charge in [0, 0.05) is 18.1 Å². The van der Waals surface area contributed by atoms with Gasteiger partial charge in [-0.15, -0.1) is 0 Å². The van der Waals surface area contributed by atoms with E-state index in [1.807, 2.05) is 85.8 Å². The van der Waals surface area contributed by atoms with E-state index < -0.39 is 6.04 Å². The summed E-state index contributed by atoms with van der Waals surface area (Å²) in [7, 11) is 0. The monoisotopic (exact) mass is 452 g/mol. The number of pyridine rings is 1. The number of nitrogens with zero attached hydrogens (tertiary/aromatic N) is 3. The standard InChI is InChI=1S/C26H20N4O2S/c1-17-22(24(31)29-20-10-6-3-7-11-20)23(19-8-4-2-5-9-19)30-25(32)21(33-26(30)28-17)16-18-12-14-27-15-13-18/h2-16,23H,1H3,(H,29,31)/b21-16-/t23-/m1/s1. The Balaban J connectivity index is 1.67. The molecule has 1 N–H and O–H groups in total. The van der Waals surface area contributed by atoms with E-state index in [0.717, 1.165) is 11.1 Å². The number of aromatic nitrogens is 2. The van der Waals surface area contributed by atoms with Gasteiger partial charge in [0.25, 0.3) is 11.5 Å². The molecule has 0 aliphatic carbocycles. The van der Waals surface area contributed by atoms with Crippen LogP contribution in [0.25, 0.3) is 6.08 Å². The van der Waals surface area contributed by atoms with Crippen molar-refractivity contribution in [2.45, 2.75) is 13.0 Å². The minimum atomic E-state index is -0.578. The van der Waals surface area contributed by atoms with Crippen LogP contribution in [-0.2, 0) is 4.79 Å². The summed E-state index contributed by atoms with van der Waals surface area (Å²) in [6, 6.07) is 22.0. The van der Waals surface area contributed by atoms with Gasteiger partial charge in [-0.25, -0.2) is 4.99 Å². The first-order valence-corrected chi connectivity index (χ1v) is 11.3. The molecule has 0 bridgehead atoms. The highest BCUT2D eigenvalue weighted by atomic mass is 32.1. The molecule has 0 unspecified atom stereocenters. The molecule has 4 aromatic rings. The fourth-order valence-electron chi connectivity index (χ4n) is 3.89. The van der Waals surface area contributed by atoms with Crippen LogP contribution in [-0.4, -0.2) is 15.5 Å². The lowest BCUT2D eigenvalue weighted by Crippen LogP contribution is -2.40. The summed E-state index contributed by atoms with van der Waals surface area (Å²) >= 11 is 1.32. The van der Waals surface area contributed by atoms with Crippen molar-refractivity contribution in [1.29, 1.82) is 0 Å². The Morgan fingerprint density at radius 1 is 1.00 bits per heavy atom. The molecule has 3 heterocycles. The summed E-state index contributed by atoms with van der Waals surface area (Å²) in [5.41, 5.74) is 3.28. The summed E-state index contributed by atoms with van der Waals surface area (Å²) in [6.07, 6.45) is 5.20. The van der Waals surface area contributed by atoms with Crippen molar-refractivity contribution in [2.24, 2.45) is 4.99 Å². The lowest BCUT2D eigenvalue weighted by molar-refractivity contribution is -0.113. The number of fused-ring (bicyclic) bond motifs is 1. The number of thiazole rings is 1. The van der Waals surface area contributed by atoms with Crippen molar-refractivity contribution in [3.63, 3.8) is 0 Å². The van der Waals surface area contributed by atoms with Crippen LogP contribution in [0.1, 0.15) is 24.1 Å². The number of hydrogen-bond acceptors (Lipinski definition) is 5. The van der Waals surface area contributed by atoms with Crippen molar-refractivity contribution in [1.82, 2.24) is 9.55 Å². The summed E-state index contributed by atoms with van der Waals surface area (Å²) in [5, 5.41) is 2.96. The minimum absolute atomic E-state index is 0.179. The number of carbonyl (C=O) groups is 1. The number of anilines is 1. The van der Waals surface area contributed by atoms with E-state index in [2.05, 4.69) is 15.3 Å². The molecular weight excluding hydrogens is 432 g/mol. The molecule has 2 aromatic heterocycles. The normalized spacial score (nSPS) is 15.7. The first-order chi connectivity index (χ1) is 16.1. The Morgan fingerprint density at radius 3 is 2.36 bits per heavy atom. The third kappa shape index (κ3) is 4.06. The van der Waals surface area contributed by atoms with Crippen LogP contribution in [0.3, 0.4) is 0 Å². The van der Waals surface area contributed by atoms with Gasteiger partial charge in [0.15, 0.2) is 4.80 Å². The zero-order valence-electron chi connectivity index (χ0n) is 17.8. The maximum absolute atomic E-state index is 13.5. The zero-order chi connectivity index (χ0) is 22.8. The highest BCUT2D eigenvalue weighted by molar-refractivity contribution is 7.07. The van der Waals surface area contributed by atoms with Crippen LogP contribution in [0, 0.1) is 0 Å². The smallest absolute Gasteiger partial charge is 0.271 e. The van der Waals surface area contributed by atoms with Crippen molar-refractivity contribution in [2.75, 3.05) is 5.32 Å². The predicted molar refractivity (Wildman–Crippen MR) is 130 cm³/mol. The Morgan fingerprint density at radius 2 is 1.67 bits per heavy atom. The molecule has 0 saturated carbocycles. The molecule has 5 rings (SSSR count). The van der Waals surface area contributed by atoms with Gasteiger partial charge in [-0.1, -0.05) is 59.9 Å². The molecular formula is C26H20N4O2S. The molecule has 2 aromatic carbocycles. The first kappa shape index (κ1) is 20.8. The second kappa shape index (κ2) is 8.80. The number of carbonyl (C=O) groups excluding carboxylic acids is 1. The van der Waals surface area contributed by atoms with Gasteiger partial charge in [-0.2, -0.15) is 0 Å². The molecule has 1 amide bonds. The number of rotatable bonds is 4. The van der Waals surface area contributed by atoms with Gasteiger partial charge in [-0.3, -0.25) is 19.1 Å². The Hall–Kier alpha value is -4.10. The average Bonchev–Trinajstić information content (AvgIpc) is 3.14. The highest BCUT2D eigenvalue weighted by Crippen LogP contribution is 2.30. The fraction of sp³-hybridized carbons (Fsp3) is 0.0769. The average molecular weight is 453 g/mol. The fourth-order valence-corrected chi connectivity index (χ4v) is 4.94. The maximum atomic E-state index is 13.5. The van der Waals surface area contributed by atoms with E-state index in [-0.39, 0.29) is 11.5 Å². The lowest BCUT2D eigenvalue weighted by atomic mass is 9.95. The Labute approximate surface area is 193 Å². The molecule has 0 spiro atoms. The Bertz CT molecular complexity index is 1520. The van der Waals surface area contributed by atoms with Crippen molar-refractivity contribution in [3.8, 4) is 0 Å². The van der Waals surface area contributed by atoms with Crippen LogP contribution in [0.4, 0.5) is 5.69 Å². The van der Waals surface area contributed by atoms with E-state index >= 15 is 0 Å². The van der Waals surface area contributed by atoms with Gasteiger partial charge in [0.05, 0.1) is 21.8 Å². The van der Waals surface area contributed by atoms with E-state index in [9.17, 15) is 9.59 Å². The largest absolute Gasteiger partial charge is 0.322 e. The molecule has 0 fully saturated rings. The molecule has 162 valence electrons. The van der Waals surface area contributed by atoms with Crippen molar-refractivity contribution < 1.29 is 4.79 Å². The van der Waals surface area contributed by atoms with E-state index in [1.54, 1.807) is 17.0 Å².